The van der Waals surface area contributed by atoms with Crippen molar-refractivity contribution in [3.8, 4) is 5.75 Å². The summed E-state index contributed by atoms with van der Waals surface area (Å²) in [6.07, 6.45) is -1.03. The second-order valence-electron chi connectivity index (χ2n) is 7.17. The van der Waals surface area contributed by atoms with Gasteiger partial charge in [-0.1, -0.05) is 18.6 Å². The molecule has 8 heteroatoms. The summed E-state index contributed by atoms with van der Waals surface area (Å²) in [6.45, 7) is 2.08. The van der Waals surface area contributed by atoms with Gasteiger partial charge in [0.2, 0.25) is 5.91 Å². The summed E-state index contributed by atoms with van der Waals surface area (Å²) in [5, 5.41) is 0. The van der Waals surface area contributed by atoms with Crippen LogP contribution in [0.3, 0.4) is 0 Å². The smallest absolute Gasteiger partial charge is 0.406 e. The zero-order valence-corrected chi connectivity index (χ0v) is 14.2. The van der Waals surface area contributed by atoms with Crippen LogP contribution in [0.1, 0.15) is 24.8 Å². The van der Waals surface area contributed by atoms with E-state index >= 15 is 0 Å². The SMILES string of the molecule is O=C1COC2CN(C3CCC3)CC2N1Cc1ccc(OC(F)(F)F)cc1. The first-order valence-corrected chi connectivity index (χ1v) is 8.89. The largest absolute Gasteiger partial charge is 0.573 e. The molecule has 2 saturated heterocycles. The van der Waals surface area contributed by atoms with Crippen LogP contribution in [0.15, 0.2) is 24.3 Å². The Morgan fingerprint density at radius 3 is 2.50 bits per heavy atom. The summed E-state index contributed by atoms with van der Waals surface area (Å²) in [5.41, 5.74) is 0.774. The van der Waals surface area contributed by atoms with E-state index in [0.717, 1.165) is 18.7 Å². The Morgan fingerprint density at radius 2 is 1.88 bits per heavy atom. The van der Waals surface area contributed by atoms with Crippen molar-refractivity contribution in [1.29, 1.82) is 0 Å². The van der Waals surface area contributed by atoms with Gasteiger partial charge in [-0.15, -0.1) is 13.2 Å². The number of benzene rings is 1. The highest BCUT2D eigenvalue weighted by atomic mass is 19.4. The fraction of sp³-hybridized carbons (Fsp3) is 0.611. The van der Waals surface area contributed by atoms with Crippen LogP contribution in [0, 0.1) is 0 Å². The topological polar surface area (TPSA) is 42.0 Å². The molecule has 1 aromatic rings. The number of nitrogens with zero attached hydrogens (tertiary/aromatic N) is 2. The molecule has 0 aromatic heterocycles. The number of amides is 1. The first-order chi connectivity index (χ1) is 12.4. The number of halogens is 3. The van der Waals surface area contributed by atoms with Gasteiger partial charge < -0.3 is 14.4 Å². The molecule has 26 heavy (non-hydrogen) atoms. The molecule has 0 bridgehead atoms. The number of alkyl halides is 3. The zero-order chi connectivity index (χ0) is 18.3. The van der Waals surface area contributed by atoms with Gasteiger partial charge in [0.25, 0.3) is 0 Å². The molecule has 2 atom stereocenters. The van der Waals surface area contributed by atoms with Gasteiger partial charge >= 0.3 is 6.36 Å². The van der Waals surface area contributed by atoms with E-state index in [1.54, 1.807) is 12.1 Å². The number of fused-ring (bicyclic) bond motifs is 1. The summed E-state index contributed by atoms with van der Waals surface area (Å²) in [4.78, 5) is 16.6. The Bertz CT molecular complexity index is 661. The summed E-state index contributed by atoms with van der Waals surface area (Å²) < 4.78 is 46.4. The van der Waals surface area contributed by atoms with Crippen LogP contribution in [0.25, 0.3) is 0 Å². The predicted molar refractivity (Wildman–Crippen MR) is 86.4 cm³/mol. The maximum absolute atomic E-state index is 12.4. The third-order valence-corrected chi connectivity index (χ3v) is 5.51. The van der Waals surface area contributed by atoms with Gasteiger partial charge in [-0.3, -0.25) is 9.69 Å². The van der Waals surface area contributed by atoms with Crippen LogP contribution in [-0.2, 0) is 16.1 Å². The predicted octanol–water partition coefficient (Wildman–Crippen LogP) is 2.55. The van der Waals surface area contributed by atoms with Gasteiger partial charge in [0.1, 0.15) is 12.4 Å². The number of hydrogen-bond acceptors (Lipinski definition) is 4. The van der Waals surface area contributed by atoms with Crippen molar-refractivity contribution in [2.75, 3.05) is 19.7 Å². The Morgan fingerprint density at radius 1 is 1.15 bits per heavy atom. The minimum atomic E-state index is -4.70. The fourth-order valence-corrected chi connectivity index (χ4v) is 3.94. The lowest BCUT2D eigenvalue weighted by Gasteiger charge is -2.37. The summed E-state index contributed by atoms with van der Waals surface area (Å²) >= 11 is 0. The van der Waals surface area contributed by atoms with Gasteiger partial charge in [0.05, 0.1) is 12.1 Å². The normalized spacial score (nSPS) is 27.3. The minimum Gasteiger partial charge on any atom is -0.406 e. The van der Waals surface area contributed by atoms with E-state index in [2.05, 4.69) is 9.64 Å². The average molecular weight is 370 g/mol. The molecule has 0 radical (unpaired) electrons. The van der Waals surface area contributed by atoms with Crippen LogP contribution in [-0.4, -0.2) is 60.0 Å². The highest BCUT2D eigenvalue weighted by Crippen LogP contribution is 2.32. The molecule has 1 saturated carbocycles. The van der Waals surface area contributed by atoms with Crippen molar-refractivity contribution in [3.05, 3.63) is 29.8 Å². The molecular weight excluding hydrogens is 349 g/mol. The molecule has 1 amide bonds. The third-order valence-electron chi connectivity index (χ3n) is 5.51. The quantitative estimate of drug-likeness (QED) is 0.817. The Balaban J connectivity index is 1.43. The number of ether oxygens (including phenoxy) is 2. The fourth-order valence-electron chi connectivity index (χ4n) is 3.94. The van der Waals surface area contributed by atoms with Crippen molar-refractivity contribution in [3.63, 3.8) is 0 Å². The van der Waals surface area contributed by atoms with Crippen LogP contribution < -0.4 is 4.74 Å². The Kier molecular flexibility index (Phi) is 4.56. The Labute approximate surface area is 149 Å². The molecule has 0 spiro atoms. The molecule has 3 fully saturated rings. The van der Waals surface area contributed by atoms with Crippen LogP contribution in [0.5, 0.6) is 5.75 Å². The lowest BCUT2D eigenvalue weighted by Crippen LogP contribution is -2.53. The van der Waals surface area contributed by atoms with Crippen molar-refractivity contribution in [2.45, 2.75) is 50.4 Å². The van der Waals surface area contributed by atoms with E-state index in [-0.39, 0.29) is 30.4 Å². The molecule has 1 aliphatic carbocycles. The molecule has 2 aliphatic heterocycles. The lowest BCUT2D eigenvalue weighted by molar-refractivity contribution is -0.274. The molecule has 0 N–H and O–H groups in total. The molecule has 3 aliphatic rings. The van der Waals surface area contributed by atoms with Gasteiger partial charge in [0, 0.05) is 25.7 Å². The monoisotopic (exact) mass is 370 g/mol. The Hall–Kier alpha value is -1.80. The summed E-state index contributed by atoms with van der Waals surface area (Å²) in [7, 11) is 0. The third kappa shape index (κ3) is 3.66. The highest BCUT2D eigenvalue weighted by Gasteiger charge is 2.45. The summed E-state index contributed by atoms with van der Waals surface area (Å²) in [6, 6.07) is 6.29. The molecule has 142 valence electrons. The molecule has 2 heterocycles. The van der Waals surface area contributed by atoms with E-state index in [1.165, 1.54) is 31.4 Å². The van der Waals surface area contributed by atoms with E-state index in [4.69, 9.17) is 4.74 Å². The highest BCUT2D eigenvalue weighted by molar-refractivity contribution is 5.78. The van der Waals surface area contributed by atoms with Gasteiger partial charge in [-0.25, -0.2) is 0 Å². The van der Waals surface area contributed by atoms with Gasteiger partial charge in [-0.2, -0.15) is 0 Å². The van der Waals surface area contributed by atoms with Crippen molar-refractivity contribution in [2.24, 2.45) is 0 Å². The van der Waals surface area contributed by atoms with Crippen molar-refractivity contribution >= 4 is 5.91 Å². The standard InChI is InChI=1S/C18H21F3N2O3/c19-18(20,21)26-14-6-4-12(5-7-14)8-23-15-9-22(13-2-1-3-13)10-16(15)25-11-17(23)24/h4-7,13,15-16H,1-3,8-11H2. The summed E-state index contributed by atoms with van der Waals surface area (Å²) in [5.74, 6) is -0.332. The second kappa shape index (κ2) is 6.74. The van der Waals surface area contributed by atoms with Crippen LogP contribution in [0.2, 0.25) is 0 Å². The van der Waals surface area contributed by atoms with E-state index in [9.17, 15) is 18.0 Å². The molecule has 1 aromatic carbocycles. The number of hydrogen-bond donors (Lipinski definition) is 0. The van der Waals surface area contributed by atoms with E-state index < -0.39 is 6.36 Å². The first kappa shape index (κ1) is 17.6. The van der Waals surface area contributed by atoms with Crippen molar-refractivity contribution in [1.82, 2.24) is 9.80 Å². The number of likely N-dealkylation sites (tertiary alicyclic amines) is 1. The van der Waals surface area contributed by atoms with Gasteiger partial charge in [-0.05, 0) is 30.5 Å². The van der Waals surface area contributed by atoms with E-state index in [1.807, 2.05) is 4.90 Å². The van der Waals surface area contributed by atoms with E-state index in [0.29, 0.717) is 12.6 Å². The van der Waals surface area contributed by atoms with Crippen LogP contribution in [0.4, 0.5) is 13.2 Å². The molecule has 5 nitrogen and oxygen atoms in total. The first-order valence-electron chi connectivity index (χ1n) is 8.89. The minimum absolute atomic E-state index is 0.00273. The average Bonchev–Trinajstić information content (AvgIpc) is 2.92. The maximum Gasteiger partial charge on any atom is 0.573 e. The number of carbonyl (C=O) groups is 1. The molecular formula is C18H21F3N2O3. The molecule has 4 rings (SSSR count). The molecule has 2 unspecified atom stereocenters. The second-order valence-corrected chi connectivity index (χ2v) is 7.17. The lowest BCUT2D eigenvalue weighted by atomic mass is 9.92. The van der Waals surface area contributed by atoms with Crippen molar-refractivity contribution < 1.29 is 27.4 Å². The zero-order valence-electron chi connectivity index (χ0n) is 14.2. The van der Waals surface area contributed by atoms with Crippen LogP contribution >= 0.6 is 0 Å². The van der Waals surface area contributed by atoms with Gasteiger partial charge in [0.15, 0.2) is 0 Å². The number of carbonyl (C=O) groups excluding carboxylic acids is 1. The maximum atomic E-state index is 12.4. The number of rotatable bonds is 4. The number of morpholine rings is 1.